The van der Waals surface area contributed by atoms with E-state index in [9.17, 15) is 23.5 Å². The van der Waals surface area contributed by atoms with E-state index in [2.05, 4.69) is 9.97 Å². The monoisotopic (exact) mass is 548 g/mol. The molecule has 1 N–H and O–H groups in total. The van der Waals surface area contributed by atoms with Gasteiger partial charge in [0.05, 0.1) is 19.9 Å². The summed E-state index contributed by atoms with van der Waals surface area (Å²) in [5.74, 6) is -2.45. The van der Waals surface area contributed by atoms with Gasteiger partial charge in [0.25, 0.3) is 11.5 Å². The third-order valence-corrected chi connectivity index (χ3v) is 6.97. The first-order valence-corrected chi connectivity index (χ1v) is 12.5. The maximum Gasteiger partial charge on any atom is 0.275 e. The first-order valence-electron chi connectivity index (χ1n) is 12.5. The Morgan fingerprint density at radius 2 is 1.77 bits per heavy atom. The van der Waals surface area contributed by atoms with E-state index in [1.165, 1.54) is 55.6 Å². The van der Waals surface area contributed by atoms with E-state index in [4.69, 9.17) is 9.47 Å². The molecule has 0 radical (unpaired) electrons. The van der Waals surface area contributed by atoms with Crippen LogP contribution in [0.5, 0.6) is 17.4 Å². The van der Waals surface area contributed by atoms with Gasteiger partial charge in [-0.05, 0) is 61.4 Å². The fourth-order valence-electron chi connectivity index (χ4n) is 4.96. The second-order valence-corrected chi connectivity index (χ2v) is 9.36. The van der Waals surface area contributed by atoms with E-state index >= 15 is 0 Å². The Kier molecular flexibility index (Phi) is 7.20. The number of ether oxygens (including phenoxy) is 2. The number of carbonyl (C=O) groups excluding carboxylic acids is 1. The molecule has 0 spiro atoms. The highest BCUT2D eigenvalue weighted by Gasteiger charge is 2.35. The third-order valence-electron chi connectivity index (χ3n) is 6.97. The number of aromatic hydroxyl groups is 1. The Hall–Kier alpha value is -4.80. The van der Waals surface area contributed by atoms with Gasteiger partial charge in [0.15, 0.2) is 11.4 Å². The van der Waals surface area contributed by atoms with E-state index < -0.39 is 34.5 Å². The van der Waals surface area contributed by atoms with Crippen LogP contribution >= 0.6 is 0 Å². The van der Waals surface area contributed by atoms with Crippen LogP contribution in [0.1, 0.15) is 34.0 Å². The number of hydrogen-bond donors (Lipinski definition) is 1. The van der Waals surface area contributed by atoms with Gasteiger partial charge in [0, 0.05) is 30.8 Å². The van der Waals surface area contributed by atoms with Crippen molar-refractivity contribution in [3.05, 3.63) is 93.5 Å². The first-order chi connectivity index (χ1) is 19.2. The van der Waals surface area contributed by atoms with E-state index in [0.717, 1.165) is 4.57 Å². The number of methoxy groups -OCH3 is 2. The molecule has 1 saturated heterocycles. The number of nitrogens with zero attached hydrogens (tertiary/aromatic N) is 4. The lowest BCUT2D eigenvalue weighted by Gasteiger charge is -2.21. The summed E-state index contributed by atoms with van der Waals surface area (Å²) < 4.78 is 40.6. The summed E-state index contributed by atoms with van der Waals surface area (Å²) in [5, 5.41) is 11.0. The van der Waals surface area contributed by atoms with Gasteiger partial charge in [-0.25, -0.2) is 8.78 Å². The van der Waals surface area contributed by atoms with Crippen LogP contribution < -0.4 is 15.0 Å². The summed E-state index contributed by atoms with van der Waals surface area (Å²) in [5.41, 5.74) is -0.480. The Morgan fingerprint density at radius 3 is 2.42 bits per heavy atom. The summed E-state index contributed by atoms with van der Waals surface area (Å²) in [6, 6.07) is 11.8. The summed E-state index contributed by atoms with van der Waals surface area (Å²) in [7, 11) is 2.82. The van der Waals surface area contributed by atoms with Crippen molar-refractivity contribution >= 4 is 5.91 Å². The highest BCUT2D eigenvalue weighted by Crippen LogP contribution is 2.36. The molecular formula is C29H26F2N4O5. The van der Waals surface area contributed by atoms with Crippen LogP contribution in [-0.2, 0) is 0 Å². The standard InChI is InChI=1S/C29H26F2N4O5/c1-16-14-17(9-10-19(16)30)26-33-27(36)23(29(38)35(26)25-21(39-2)7-4-8-22(25)40-3)28(37)34-13-11-18(15-34)24-20(31)6-5-12-32-24/h4-10,12,14,18,36H,11,13,15H2,1-3H3. The topological polar surface area (TPSA) is 107 Å². The zero-order valence-corrected chi connectivity index (χ0v) is 22.0. The fourth-order valence-corrected chi connectivity index (χ4v) is 4.96. The number of rotatable bonds is 6. The van der Waals surface area contributed by atoms with Crippen LogP contribution in [0.15, 0.2) is 59.5 Å². The minimum atomic E-state index is -0.884. The highest BCUT2D eigenvalue weighted by atomic mass is 19.1. The number of aryl methyl sites for hydroxylation is 1. The second-order valence-electron chi connectivity index (χ2n) is 9.36. The molecule has 1 fully saturated rings. The third kappa shape index (κ3) is 4.63. The van der Waals surface area contributed by atoms with Crippen molar-refractivity contribution in [2.45, 2.75) is 19.3 Å². The molecule has 11 heteroatoms. The molecule has 4 aromatic rings. The smallest absolute Gasteiger partial charge is 0.275 e. The van der Waals surface area contributed by atoms with Crippen LogP contribution in [0.2, 0.25) is 0 Å². The molecule has 0 saturated carbocycles. The van der Waals surface area contributed by atoms with Crippen LogP contribution in [0.3, 0.4) is 0 Å². The second kappa shape index (κ2) is 10.8. The fraction of sp³-hybridized carbons (Fsp3) is 0.241. The maximum atomic E-state index is 14.3. The number of carbonyl (C=O) groups is 1. The molecule has 5 rings (SSSR count). The van der Waals surface area contributed by atoms with Crippen LogP contribution in [0.4, 0.5) is 8.78 Å². The molecule has 1 unspecified atom stereocenters. The molecule has 1 aliphatic heterocycles. The average Bonchev–Trinajstić information content (AvgIpc) is 3.44. The van der Waals surface area contributed by atoms with Gasteiger partial charge < -0.3 is 19.5 Å². The summed E-state index contributed by atoms with van der Waals surface area (Å²) in [6.45, 7) is 1.87. The van der Waals surface area contributed by atoms with Crippen LogP contribution in [0, 0.1) is 18.6 Å². The molecule has 1 amide bonds. The van der Waals surface area contributed by atoms with Gasteiger partial charge in [0.1, 0.15) is 28.8 Å². The quantitative estimate of drug-likeness (QED) is 0.384. The van der Waals surface area contributed by atoms with Crippen molar-refractivity contribution in [2.75, 3.05) is 27.3 Å². The molecule has 1 aliphatic rings. The molecule has 0 bridgehead atoms. The lowest BCUT2D eigenvalue weighted by Crippen LogP contribution is -2.36. The average molecular weight is 549 g/mol. The lowest BCUT2D eigenvalue weighted by molar-refractivity contribution is 0.0784. The molecule has 9 nitrogen and oxygen atoms in total. The molecular weight excluding hydrogens is 522 g/mol. The predicted molar refractivity (Wildman–Crippen MR) is 142 cm³/mol. The Morgan fingerprint density at radius 1 is 1.05 bits per heavy atom. The number of benzene rings is 2. The van der Waals surface area contributed by atoms with E-state index in [-0.39, 0.29) is 53.3 Å². The van der Waals surface area contributed by atoms with Crippen LogP contribution in [0.25, 0.3) is 17.1 Å². The molecule has 206 valence electrons. The number of pyridine rings is 1. The lowest BCUT2D eigenvalue weighted by atomic mass is 10.0. The number of aromatic nitrogens is 3. The van der Waals surface area contributed by atoms with Crippen molar-refractivity contribution in [2.24, 2.45) is 0 Å². The van der Waals surface area contributed by atoms with Crippen molar-refractivity contribution < 1.29 is 28.2 Å². The number of likely N-dealkylation sites (tertiary alicyclic amines) is 1. The Balaban J connectivity index is 1.68. The molecule has 2 aromatic heterocycles. The van der Waals surface area contributed by atoms with Crippen LogP contribution in [-0.4, -0.2) is 57.8 Å². The van der Waals surface area contributed by atoms with Gasteiger partial charge >= 0.3 is 0 Å². The van der Waals surface area contributed by atoms with Crippen molar-refractivity contribution in [1.82, 2.24) is 19.4 Å². The highest BCUT2D eigenvalue weighted by molar-refractivity contribution is 5.96. The number of halogens is 2. The van der Waals surface area contributed by atoms with Gasteiger partial charge in [0.2, 0.25) is 5.88 Å². The molecule has 3 heterocycles. The van der Waals surface area contributed by atoms with Gasteiger partial charge in [-0.2, -0.15) is 4.98 Å². The van der Waals surface area contributed by atoms with Crippen molar-refractivity contribution in [3.63, 3.8) is 0 Å². The predicted octanol–water partition coefficient (Wildman–Crippen LogP) is 4.23. The number of hydrogen-bond acceptors (Lipinski definition) is 7. The number of amides is 1. The normalized spacial score (nSPS) is 14.8. The molecule has 40 heavy (non-hydrogen) atoms. The molecule has 1 atom stereocenters. The first kappa shape index (κ1) is 26.8. The summed E-state index contributed by atoms with van der Waals surface area (Å²) >= 11 is 0. The minimum Gasteiger partial charge on any atom is -0.494 e. The molecule has 0 aliphatic carbocycles. The largest absolute Gasteiger partial charge is 0.494 e. The van der Waals surface area contributed by atoms with Crippen molar-refractivity contribution in [3.8, 4) is 34.5 Å². The number of para-hydroxylation sites is 1. The minimum absolute atomic E-state index is 0.0557. The zero-order valence-electron chi connectivity index (χ0n) is 22.0. The Bertz CT molecular complexity index is 1650. The van der Waals surface area contributed by atoms with Gasteiger partial charge in [-0.1, -0.05) is 6.07 Å². The Labute approximate surface area is 228 Å². The van der Waals surface area contributed by atoms with Gasteiger partial charge in [-0.3, -0.25) is 19.1 Å². The van der Waals surface area contributed by atoms with Gasteiger partial charge in [-0.15, -0.1) is 0 Å². The summed E-state index contributed by atoms with van der Waals surface area (Å²) in [4.78, 5) is 37.5. The van der Waals surface area contributed by atoms with E-state index in [1.54, 1.807) is 25.1 Å². The van der Waals surface area contributed by atoms with Crippen molar-refractivity contribution in [1.29, 1.82) is 0 Å². The van der Waals surface area contributed by atoms with E-state index in [1.807, 2.05) is 0 Å². The maximum absolute atomic E-state index is 14.3. The summed E-state index contributed by atoms with van der Waals surface area (Å²) in [6.07, 6.45) is 1.91. The SMILES string of the molecule is COc1cccc(OC)c1-n1c(-c2ccc(F)c(C)c2)nc(O)c(C(=O)N2CCC(c3ncccc3F)C2)c1=O. The zero-order chi connectivity index (χ0) is 28.6. The molecule has 2 aromatic carbocycles. The van der Waals surface area contributed by atoms with E-state index in [0.29, 0.717) is 12.0 Å².